The van der Waals surface area contributed by atoms with E-state index in [2.05, 4.69) is 21.2 Å². The number of hydrogen-bond donors (Lipinski definition) is 2. The lowest BCUT2D eigenvalue weighted by Crippen LogP contribution is -2.37. The maximum atomic E-state index is 9.83. The van der Waals surface area contributed by atoms with Gasteiger partial charge >= 0.3 is 0 Å². The summed E-state index contributed by atoms with van der Waals surface area (Å²) in [6.07, 6.45) is 3.51. The summed E-state index contributed by atoms with van der Waals surface area (Å²) in [5, 5.41) is 13.2. The van der Waals surface area contributed by atoms with Crippen LogP contribution in [0.1, 0.15) is 30.2 Å². The van der Waals surface area contributed by atoms with E-state index in [1.54, 1.807) is 11.3 Å². The number of thiophene rings is 1. The molecule has 0 saturated heterocycles. The third-order valence-corrected chi connectivity index (χ3v) is 4.35. The SMILES string of the molecule is OC(CNC1CCC1)c1ccc(Br)s1. The third kappa shape index (κ3) is 2.57. The number of nitrogens with one attached hydrogen (secondary N) is 1. The van der Waals surface area contributed by atoms with E-state index in [4.69, 9.17) is 0 Å². The lowest BCUT2D eigenvalue weighted by Gasteiger charge is -2.27. The van der Waals surface area contributed by atoms with Crippen LogP contribution < -0.4 is 5.32 Å². The third-order valence-electron chi connectivity index (χ3n) is 2.63. The van der Waals surface area contributed by atoms with Gasteiger partial charge in [0.2, 0.25) is 0 Å². The van der Waals surface area contributed by atoms with Crippen molar-refractivity contribution in [2.75, 3.05) is 6.54 Å². The van der Waals surface area contributed by atoms with Gasteiger partial charge in [-0.3, -0.25) is 0 Å². The molecule has 0 spiro atoms. The first kappa shape index (κ1) is 10.6. The minimum absolute atomic E-state index is 0.355. The van der Waals surface area contributed by atoms with Gasteiger partial charge < -0.3 is 10.4 Å². The monoisotopic (exact) mass is 275 g/mol. The van der Waals surface area contributed by atoms with Gasteiger partial charge in [0.25, 0.3) is 0 Å². The van der Waals surface area contributed by atoms with E-state index in [1.807, 2.05) is 12.1 Å². The highest BCUT2D eigenvalue weighted by Crippen LogP contribution is 2.27. The van der Waals surface area contributed by atoms with Crippen LogP contribution in [-0.4, -0.2) is 17.7 Å². The molecule has 0 bridgehead atoms. The summed E-state index contributed by atoms with van der Waals surface area (Å²) in [4.78, 5) is 1.03. The fraction of sp³-hybridized carbons (Fsp3) is 0.600. The van der Waals surface area contributed by atoms with Crippen molar-refractivity contribution in [3.8, 4) is 0 Å². The van der Waals surface area contributed by atoms with Crippen molar-refractivity contribution in [3.05, 3.63) is 20.8 Å². The molecule has 1 aromatic heterocycles. The summed E-state index contributed by atoms with van der Waals surface area (Å²) in [7, 11) is 0. The number of hydrogen-bond acceptors (Lipinski definition) is 3. The van der Waals surface area contributed by atoms with Gasteiger partial charge in [-0.25, -0.2) is 0 Å². The van der Waals surface area contributed by atoms with Crippen LogP contribution >= 0.6 is 27.3 Å². The van der Waals surface area contributed by atoms with E-state index >= 15 is 0 Å². The van der Waals surface area contributed by atoms with Gasteiger partial charge in [-0.1, -0.05) is 6.42 Å². The van der Waals surface area contributed by atoms with Gasteiger partial charge in [0.15, 0.2) is 0 Å². The maximum Gasteiger partial charge on any atom is 0.101 e. The fourth-order valence-corrected chi connectivity index (χ4v) is 2.91. The van der Waals surface area contributed by atoms with Gasteiger partial charge in [-0.15, -0.1) is 11.3 Å². The zero-order valence-electron chi connectivity index (χ0n) is 7.87. The van der Waals surface area contributed by atoms with Gasteiger partial charge in [0.05, 0.1) is 3.79 Å². The quantitative estimate of drug-likeness (QED) is 0.886. The summed E-state index contributed by atoms with van der Waals surface area (Å²) in [5.74, 6) is 0. The molecule has 0 aliphatic heterocycles. The van der Waals surface area contributed by atoms with Crippen molar-refractivity contribution in [1.82, 2.24) is 5.32 Å². The number of aliphatic hydroxyl groups is 1. The summed E-state index contributed by atoms with van der Waals surface area (Å²) in [6, 6.07) is 4.60. The van der Waals surface area contributed by atoms with E-state index in [0.717, 1.165) is 8.66 Å². The highest BCUT2D eigenvalue weighted by Gasteiger charge is 2.18. The Balaban J connectivity index is 1.79. The summed E-state index contributed by atoms with van der Waals surface area (Å²) in [6.45, 7) is 0.678. The Kier molecular flexibility index (Phi) is 3.60. The molecule has 0 amide bonds. The van der Waals surface area contributed by atoms with E-state index in [1.165, 1.54) is 19.3 Å². The smallest absolute Gasteiger partial charge is 0.101 e. The molecule has 2 nitrogen and oxygen atoms in total. The predicted octanol–water partition coefficient (Wildman–Crippen LogP) is 2.69. The molecular weight excluding hydrogens is 262 g/mol. The van der Waals surface area contributed by atoms with E-state index in [9.17, 15) is 5.11 Å². The molecule has 1 heterocycles. The second-order valence-electron chi connectivity index (χ2n) is 3.69. The first-order valence-corrected chi connectivity index (χ1v) is 6.53. The van der Waals surface area contributed by atoms with Crippen molar-refractivity contribution in [2.24, 2.45) is 0 Å². The molecule has 2 N–H and O–H groups in total. The molecular formula is C10H14BrNOS. The molecule has 14 heavy (non-hydrogen) atoms. The second kappa shape index (κ2) is 4.75. The van der Waals surface area contributed by atoms with Gasteiger partial charge in [0, 0.05) is 17.5 Å². The molecule has 0 aromatic carbocycles. The standard InChI is InChI=1S/C10H14BrNOS/c11-10-5-4-9(14-10)8(13)6-12-7-2-1-3-7/h4-5,7-8,12-13H,1-3,6H2. The van der Waals surface area contributed by atoms with Crippen LogP contribution in [0.3, 0.4) is 0 Å². The summed E-state index contributed by atoms with van der Waals surface area (Å²) < 4.78 is 1.08. The molecule has 0 radical (unpaired) electrons. The highest BCUT2D eigenvalue weighted by atomic mass is 79.9. The normalized spacial score (nSPS) is 19.3. The van der Waals surface area contributed by atoms with Gasteiger partial charge in [-0.05, 0) is 40.9 Å². The Bertz CT molecular complexity index is 298. The molecule has 1 aliphatic rings. The fourth-order valence-electron chi connectivity index (χ4n) is 1.50. The Morgan fingerprint density at radius 3 is 2.86 bits per heavy atom. The number of halogens is 1. The second-order valence-corrected chi connectivity index (χ2v) is 6.19. The number of aliphatic hydroxyl groups excluding tert-OH is 1. The molecule has 2 rings (SSSR count). The summed E-state index contributed by atoms with van der Waals surface area (Å²) >= 11 is 4.99. The molecule has 4 heteroatoms. The Hall–Kier alpha value is 0.1000. The predicted molar refractivity (Wildman–Crippen MR) is 62.6 cm³/mol. The summed E-state index contributed by atoms with van der Waals surface area (Å²) in [5.41, 5.74) is 0. The Labute approximate surface area is 96.5 Å². The minimum atomic E-state index is -0.355. The van der Waals surface area contributed by atoms with Crippen LogP contribution in [0.2, 0.25) is 0 Å². The van der Waals surface area contributed by atoms with Crippen molar-refractivity contribution in [1.29, 1.82) is 0 Å². The molecule has 78 valence electrons. The molecule has 1 saturated carbocycles. The van der Waals surface area contributed by atoms with Crippen LogP contribution in [0.25, 0.3) is 0 Å². The van der Waals surface area contributed by atoms with E-state index in [-0.39, 0.29) is 6.10 Å². The maximum absolute atomic E-state index is 9.83. The minimum Gasteiger partial charge on any atom is -0.386 e. The lowest BCUT2D eigenvalue weighted by atomic mass is 9.93. The van der Waals surface area contributed by atoms with Crippen LogP contribution in [-0.2, 0) is 0 Å². The average molecular weight is 276 g/mol. The van der Waals surface area contributed by atoms with Crippen molar-refractivity contribution < 1.29 is 5.11 Å². The average Bonchev–Trinajstić information content (AvgIpc) is 2.49. The van der Waals surface area contributed by atoms with E-state index < -0.39 is 0 Å². The van der Waals surface area contributed by atoms with Crippen molar-refractivity contribution >= 4 is 27.3 Å². The zero-order valence-corrected chi connectivity index (χ0v) is 10.3. The first-order valence-electron chi connectivity index (χ1n) is 4.92. The van der Waals surface area contributed by atoms with Crippen LogP contribution in [0.5, 0.6) is 0 Å². The molecule has 1 fully saturated rings. The zero-order chi connectivity index (χ0) is 9.97. The lowest BCUT2D eigenvalue weighted by molar-refractivity contribution is 0.164. The highest BCUT2D eigenvalue weighted by molar-refractivity contribution is 9.11. The Morgan fingerprint density at radius 2 is 2.36 bits per heavy atom. The van der Waals surface area contributed by atoms with Crippen LogP contribution in [0, 0.1) is 0 Å². The Morgan fingerprint density at radius 1 is 1.57 bits per heavy atom. The van der Waals surface area contributed by atoms with Gasteiger partial charge in [-0.2, -0.15) is 0 Å². The molecule has 1 atom stereocenters. The molecule has 1 aromatic rings. The van der Waals surface area contributed by atoms with Crippen LogP contribution in [0.15, 0.2) is 15.9 Å². The van der Waals surface area contributed by atoms with Crippen molar-refractivity contribution in [2.45, 2.75) is 31.4 Å². The molecule has 1 aliphatic carbocycles. The largest absolute Gasteiger partial charge is 0.386 e. The molecule has 1 unspecified atom stereocenters. The van der Waals surface area contributed by atoms with Gasteiger partial charge in [0.1, 0.15) is 6.10 Å². The topological polar surface area (TPSA) is 32.3 Å². The van der Waals surface area contributed by atoms with E-state index in [0.29, 0.717) is 12.6 Å². The first-order chi connectivity index (χ1) is 6.75. The van der Waals surface area contributed by atoms with Crippen LogP contribution in [0.4, 0.5) is 0 Å². The van der Waals surface area contributed by atoms with Crippen molar-refractivity contribution in [3.63, 3.8) is 0 Å². The number of rotatable bonds is 4.